The van der Waals surface area contributed by atoms with Gasteiger partial charge in [0.25, 0.3) is 11.8 Å². The quantitative estimate of drug-likeness (QED) is 0.639. The molecule has 1 atom stereocenters. The van der Waals surface area contributed by atoms with Crippen molar-refractivity contribution >= 4 is 50.6 Å². The van der Waals surface area contributed by atoms with Crippen molar-refractivity contribution in [2.24, 2.45) is 5.73 Å². The second-order valence-corrected chi connectivity index (χ2v) is 11.5. The minimum Gasteiger partial charge on any atom is -0.365 e. The van der Waals surface area contributed by atoms with Crippen LogP contribution in [0.4, 0.5) is 5.00 Å². The van der Waals surface area contributed by atoms with Gasteiger partial charge in [-0.15, -0.1) is 23.7 Å². The molecule has 2 aromatic rings. The first-order valence-electron chi connectivity index (χ1n) is 10.7. The molecule has 3 N–H and O–H groups in total. The third kappa shape index (κ3) is 5.09. The van der Waals surface area contributed by atoms with E-state index in [1.165, 1.54) is 39.9 Å². The Bertz CT molecular complexity index is 1150. The van der Waals surface area contributed by atoms with Crippen molar-refractivity contribution in [1.82, 2.24) is 9.21 Å². The van der Waals surface area contributed by atoms with E-state index in [2.05, 4.69) is 10.2 Å². The highest BCUT2D eigenvalue weighted by molar-refractivity contribution is 7.89. The summed E-state index contributed by atoms with van der Waals surface area (Å²) in [6.45, 7) is 3.97. The van der Waals surface area contributed by atoms with Gasteiger partial charge in [0.1, 0.15) is 5.00 Å². The van der Waals surface area contributed by atoms with Crippen LogP contribution < -0.4 is 11.1 Å². The summed E-state index contributed by atoms with van der Waals surface area (Å²) < 4.78 is 27.5. The van der Waals surface area contributed by atoms with Crippen LogP contribution in [0.25, 0.3) is 0 Å². The van der Waals surface area contributed by atoms with Crippen LogP contribution in [0.5, 0.6) is 0 Å². The highest BCUT2D eigenvalue weighted by Gasteiger charge is 2.31. The average Bonchev–Trinajstić information content (AvgIpc) is 3.11. The van der Waals surface area contributed by atoms with Gasteiger partial charge in [0, 0.05) is 36.1 Å². The molecule has 8 nitrogen and oxygen atoms in total. The molecule has 1 fully saturated rings. The molecule has 0 saturated carbocycles. The topological polar surface area (TPSA) is 113 Å². The van der Waals surface area contributed by atoms with Crippen molar-refractivity contribution in [2.45, 2.75) is 50.1 Å². The molecule has 0 aliphatic carbocycles. The summed E-state index contributed by atoms with van der Waals surface area (Å²) in [6, 6.07) is 5.90. The Morgan fingerprint density at radius 1 is 1.15 bits per heavy atom. The Hall–Kier alpha value is -1.98. The number of benzene rings is 1. The molecule has 3 heterocycles. The third-order valence-corrected chi connectivity index (χ3v) is 9.35. The van der Waals surface area contributed by atoms with E-state index in [4.69, 9.17) is 5.73 Å². The third-order valence-electron chi connectivity index (χ3n) is 6.19. The maximum absolute atomic E-state index is 13.0. The number of amides is 2. The molecule has 2 amide bonds. The van der Waals surface area contributed by atoms with E-state index in [1.54, 1.807) is 0 Å². The van der Waals surface area contributed by atoms with Gasteiger partial charge in [0.2, 0.25) is 10.0 Å². The smallest absolute Gasteiger partial charge is 0.256 e. The van der Waals surface area contributed by atoms with E-state index >= 15 is 0 Å². The van der Waals surface area contributed by atoms with Crippen LogP contribution in [0, 0.1) is 0 Å². The number of likely N-dealkylation sites (N-methyl/N-ethyl adjacent to an activating group) is 1. The first-order valence-corrected chi connectivity index (χ1v) is 13.0. The summed E-state index contributed by atoms with van der Waals surface area (Å²) in [7, 11) is -1.59. The van der Waals surface area contributed by atoms with Crippen LogP contribution in [0.1, 0.15) is 57.3 Å². The largest absolute Gasteiger partial charge is 0.365 e. The van der Waals surface area contributed by atoms with Crippen molar-refractivity contribution < 1.29 is 18.0 Å². The van der Waals surface area contributed by atoms with E-state index < -0.39 is 21.8 Å². The minimum absolute atomic E-state index is 0. The zero-order chi connectivity index (χ0) is 23.0. The van der Waals surface area contributed by atoms with Gasteiger partial charge in [-0.05, 0) is 63.1 Å². The molecule has 0 radical (unpaired) electrons. The molecule has 1 saturated heterocycles. The van der Waals surface area contributed by atoms with E-state index in [1.807, 2.05) is 14.0 Å². The minimum atomic E-state index is -3.60. The lowest BCUT2D eigenvalue weighted by Gasteiger charge is -2.32. The lowest BCUT2D eigenvalue weighted by Crippen LogP contribution is -2.41. The maximum Gasteiger partial charge on any atom is 0.256 e. The van der Waals surface area contributed by atoms with Gasteiger partial charge in [0.05, 0.1) is 10.5 Å². The molecule has 0 bridgehead atoms. The van der Waals surface area contributed by atoms with Gasteiger partial charge in [0.15, 0.2) is 0 Å². The van der Waals surface area contributed by atoms with Crippen molar-refractivity contribution in [2.75, 3.05) is 25.5 Å². The van der Waals surface area contributed by atoms with Crippen molar-refractivity contribution in [3.63, 3.8) is 0 Å². The molecular weight excluding hydrogens is 484 g/mol. The Labute approximate surface area is 204 Å². The molecular formula is C22H29ClN4O4S2. The van der Waals surface area contributed by atoms with Gasteiger partial charge in [-0.1, -0.05) is 6.42 Å². The number of nitrogens with two attached hydrogens (primary N) is 1. The Balaban J connectivity index is 0.00000306. The number of piperidine rings is 1. The van der Waals surface area contributed by atoms with E-state index in [0.29, 0.717) is 35.6 Å². The summed E-state index contributed by atoms with van der Waals surface area (Å²) >= 11 is 1.37. The van der Waals surface area contributed by atoms with Crippen molar-refractivity contribution in [3.05, 3.63) is 45.8 Å². The molecule has 2 aliphatic rings. The van der Waals surface area contributed by atoms with Crippen LogP contribution in [-0.2, 0) is 23.0 Å². The van der Waals surface area contributed by atoms with E-state index in [-0.39, 0.29) is 23.3 Å². The van der Waals surface area contributed by atoms with Crippen LogP contribution in [0.3, 0.4) is 0 Å². The summed E-state index contributed by atoms with van der Waals surface area (Å²) in [5.41, 5.74) is 7.22. The zero-order valence-electron chi connectivity index (χ0n) is 18.7. The Morgan fingerprint density at radius 2 is 1.85 bits per heavy atom. The number of thiophene rings is 1. The second kappa shape index (κ2) is 10.1. The number of rotatable bonds is 5. The monoisotopic (exact) mass is 512 g/mol. The number of hydrogen-bond donors (Lipinski definition) is 2. The Morgan fingerprint density at radius 3 is 2.48 bits per heavy atom. The number of fused-ring (bicyclic) bond motifs is 1. The predicted molar refractivity (Wildman–Crippen MR) is 132 cm³/mol. The van der Waals surface area contributed by atoms with Crippen LogP contribution >= 0.6 is 23.7 Å². The first kappa shape index (κ1) is 25.6. The fourth-order valence-electron chi connectivity index (χ4n) is 4.40. The molecule has 180 valence electrons. The summed E-state index contributed by atoms with van der Waals surface area (Å²) in [4.78, 5) is 28.3. The van der Waals surface area contributed by atoms with Gasteiger partial charge in [-0.3, -0.25) is 9.59 Å². The molecule has 2 aliphatic heterocycles. The lowest BCUT2D eigenvalue weighted by atomic mass is 10.0. The molecule has 0 spiro atoms. The number of carbonyl (C=O) groups is 2. The predicted octanol–water partition coefficient (Wildman–Crippen LogP) is 3.07. The van der Waals surface area contributed by atoms with E-state index in [9.17, 15) is 18.0 Å². The molecule has 1 aromatic carbocycles. The van der Waals surface area contributed by atoms with Crippen LogP contribution in [0.15, 0.2) is 29.2 Å². The number of halogens is 1. The number of primary amides is 1. The summed E-state index contributed by atoms with van der Waals surface area (Å²) in [5.74, 6) is -0.964. The molecule has 11 heteroatoms. The van der Waals surface area contributed by atoms with Crippen LogP contribution in [0.2, 0.25) is 0 Å². The number of sulfonamides is 1. The molecule has 1 aromatic heterocycles. The van der Waals surface area contributed by atoms with E-state index in [0.717, 1.165) is 36.2 Å². The first-order chi connectivity index (χ1) is 15.2. The van der Waals surface area contributed by atoms with Crippen molar-refractivity contribution in [1.29, 1.82) is 0 Å². The highest BCUT2D eigenvalue weighted by Crippen LogP contribution is 2.37. The van der Waals surface area contributed by atoms with Crippen molar-refractivity contribution in [3.8, 4) is 0 Å². The lowest BCUT2D eigenvalue weighted by molar-refractivity contribution is 0.1000. The van der Waals surface area contributed by atoms with Gasteiger partial charge >= 0.3 is 0 Å². The molecule has 1 unspecified atom stereocenters. The van der Waals surface area contributed by atoms with Gasteiger partial charge in [-0.25, -0.2) is 8.42 Å². The van der Waals surface area contributed by atoms with Gasteiger partial charge in [-0.2, -0.15) is 4.31 Å². The zero-order valence-corrected chi connectivity index (χ0v) is 21.1. The normalized spacial score (nSPS) is 19.4. The Kier molecular flexibility index (Phi) is 7.85. The number of hydrogen-bond acceptors (Lipinski definition) is 6. The number of carbonyl (C=O) groups excluding carboxylic acids is 2. The maximum atomic E-state index is 13.0. The fourth-order valence-corrected chi connectivity index (χ4v) is 7.43. The number of nitrogens with one attached hydrogen (secondary N) is 1. The average molecular weight is 513 g/mol. The highest BCUT2D eigenvalue weighted by atomic mass is 35.5. The number of nitrogens with zero attached hydrogens (tertiary/aromatic N) is 2. The number of anilines is 1. The molecule has 33 heavy (non-hydrogen) atoms. The second-order valence-electron chi connectivity index (χ2n) is 8.50. The van der Waals surface area contributed by atoms with Gasteiger partial charge < -0.3 is 16.0 Å². The molecule has 4 rings (SSSR count). The standard InChI is InChI=1S/C22H28N4O4S2.ClH/c1-14-5-3-4-11-26(14)32(29,30)16-8-6-15(7-9-16)21(28)24-22-19(20(23)27)17-10-12-25(2)13-18(17)31-22;/h6-9,14H,3-5,10-13H2,1-2H3,(H2,23,27)(H,24,28);1H. The summed E-state index contributed by atoms with van der Waals surface area (Å²) in [6.07, 6.45) is 3.44. The fraction of sp³-hybridized carbons (Fsp3) is 0.455. The van der Waals surface area contributed by atoms with Crippen LogP contribution in [-0.4, -0.2) is 55.6 Å². The SMILES string of the molecule is CC1CCCCN1S(=O)(=O)c1ccc(C(=O)Nc2sc3c(c2C(N)=O)CCN(C)C3)cc1.Cl. The summed E-state index contributed by atoms with van der Waals surface area (Å²) in [5, 5.41) is 3.26.